The van der Waals surface area contributed by atoms with Crippen molar-refractivity contribution in [2.45, 2.75) is 26.3 Å². The Morgan fingerprint density at radius 2 is 2.00 bits per heavy atom. The molecule has 0 amide bonds. The van der Waals surface area contributed by atoms with Gasteiger partial charge in [-0.25, -0.2) is 0 Å². The number of piperazine rings is 1. The Kier molecular flexibility index (Phi) is 4.77. The minimum absolute atomic E-state index is 0.520. The number of hydrogen-bond acceptors (Lipinski definition) is 2. The number of nitrogens with one attached hydrogen (secondary N) is 1. The van der Waals surface area contributed by atoms with E-state index in [-0.39, 0.29) is 0 Å². The lowest BCUT2D eigenvalue weighted by molar-refractivity contribution is 0.388. The van der Waals surface area contributed by atoms with Crippen molar-refractivity contribution < 1.29 is 0 Å². The van der Waals surface area contributed by atoms with Gasteiger partial charge in [-0.2, -0.15) is 0 Å². The molecule has 0 saturated carbocycles. The first kappa shape index (κ1) is 14.0. The summed E-state index contributed by atoms with van der Waals surface area (Å²) in [6.45, 7) is 7.42. The third-order valence-corrected chi connectivity index (χ3v) is 3.88. The van der Waals surface area contributed by atoms with Crippen molar-refractivity contribution in [3.63, 3.8) is 0 Å². The molecule has 4 heteroatoms. The maximum Gasteiger partial charge on any atom is 0.0745 e. The molecule has 0 bridgehead atoms. The highest BCUT2D eigenvalue weighted by Gasteiger charge is 2.23. The molecule has 1 aromatic carbocycles. The van der Waals surface area contributed by atoms with Crippen molar-refractivity contribution in [2.24, 2.45) is 5.92 Å². The van der Waals surface area contributed by atoms with Crippen LogP contribution in [0, 0.1) is 5.92 Å². The van der Waals surface area contributed by atoms with Crippen LogP contribution in [0.2, 0.25) is 10.0 Å². The van der Waals surface area contributed by atoms with Gasteiger partial charge in [0.05, 0.1) is 15.7 Å². The highest BCUT2D eigenvalue weighted by molar-refractivity contribution is 6.39. The molecule has 1 aliphatic rings. The van der Waals surface area contributed by atoms with Gasteiger partial charge in [-0.15, -0.1) is 0 Å². The second kappa shape index (κ2) is 6.14. The molecular weight excluding hydrogens is 267 g/mol. The number of benzene rings is 1. The standard InChI is InChI=1S/C14H20Cl2N2/c1-10(2)8-11-9-18(7-6-17-11)14-12(15)4-3-5-13(14)16/h3-5,10-11,17H,6-9H2,1-2H3. The first-order valence-corrected chi connectivity index (χ1v) is 7.26. The molecule has 0 radical (unpaired) electrons. The molecule has 1 atom stereocenters. The molecule has 1 N–H and O–H groups in total. The quantitative estimate of drug-likeness (QED) is 0.909. The zero-order valence-corrected chi connectivity index (χ0v) is 12.4. The van der Waals surface area contributed by atoms with Gasteiger partial charge in [0.2, 0.25) is 0 Å². The normalized spacial score (nSPS) is 20.5. The zero-order chi connectivity index (χ0) is 13.1. The Labute approximate surface area is 119 Å². The van der Waals surface area contributed by atoms with Gasteiger partial charge >= 0.3 is 0 Å². The van der Waals surface area contributed by atoms with E-state index in [1.165, 1.54) is 6.42 Å². The van der Waals surface area contributed by atoms with Gasteiger partial charge in [-0.1, -0.05) is 43.1 Å². The molecule has 0 spiro atoms. The molecule has 1 heterocycles. The number of halogens is 2. The number of rotatable bonds is 3. The lowest BCUT2D eigenvalue weighted by atomic mass is 10.0. The third kappa shape index (κ3) is 3.31. The maximum atomic E-state index is 6.27. The van der Waals surface area contributed by atoms with Gasteiger partial charge in [0.25, 0.3) is 0 Å². The zero-order valence-electron chi connectivity index (χ0n) is 10.9. The van der Waals surface area contributed by atoms with Crippen molar-refractivity contribution >= 4 is 28.9 Å². The van der Waals surface area contributed by atoms with E-state index in [1.54, 1.807) is 0 Å². The second-order valence-electron chi connectivity index (χ2n) is 5.30. The van der Waals surface area contributed by atoms with Crippen LogP contribution in [-0.2, 0) is 0 Å². The van der Waals surface area contributed by atoms with Gasteiger partial charge in [0, 0.05) is 25.7 Å². The molecule has 2 rings (SSSR count). The lowest BCUT2D eigenvalue weighted by Gasteiger charge is -2.36. The first-order valence-electron chi connectivity index (χ1n) is 6.50. The van der Waals surface area contributed by atoms with Crippen LogP contribution in [0.15, 0.2) is 18.2 Å². The molecule has 1 aliphatic heterocycles. The van der Waals surface area contributed by atoms with Crippen molar-refractivity contribution in [1.82, 2.24) is 5.32 Å². The molecular formula is C14H20Cl2N2. The fraction of sp³-hybridized carbons (Fsp3) is 0.571. The van der Waals surface area contributed by atoms with E-state index in [4.69, 9.17) is 23.2 Å². The predicted molar refractivity (Wildman–Crippen MR) is 79.9 cm³/mol. The lowest BCUT2D eigenvalue weighted by Crippen LogP contribution is -2.51. The molecule has 0 aromatic heterocycles. The minimum Gasteiger partial charge on any atom is -0.366 e. The Hall–Kier alpha value is -0.440. The van der Waals surface area contributed by atoms with Gasteiger partial charge < -0.3 is 10.2 Å². The SMILES string of the molecule is CC(C)CC1CN(c2c(Cl)cccc2Cl)CCN1. The highest BCUT2D eigenvalue weighted by atomic mass is 35.5. The number of nitrogens with zero attached hydrogens (tertiary/aromatic N) is 1. The van der Waals surface area contributed by atoms with Crippen molar-refractivity contribution in [2.75, 3.05) is 24.5 Å². The second-order valence-corrected chi connectivity index (χ2v) is 6.11. The van der Waals surface area contributed by atoms with Crippen molar-refractivity contribution in [3.05, 3.63) is 28.2 Å². The van der Waals surface area contributed by atoms with E-state index < -0.39 is 0 Å². The van der Waals surface area contributed by atoms with Gasteiger partial charge in [0.15, 0.2) is 0 Å². The van der Waals surface area contributed by atoms with Gasteiger partial charge in [-0.05, 0) is 24.5 Å². The van der Waals surface area contributed by atoms with Crippen LogP contribution in [-0.4, -0.2) is 25.7 Å². The van der Waals surface area contributed by atoms with Crippen LogP contribution in [0.3, 0.4) is 0 Å². The van der Waals surface area contributed by atoms with Crippen LogP contribution < -0.4 is 10.2 Å². The van der Waals surface area contributed by atoms with Gasteiger partial charge in [-0.3, -0.25) is 0 Å². The van der Waals surface area contributed by atoms with Crippen LogP contribution >= 0.6 is 23.2 Å². The maximum absolute atomic E-state index is 6.27. The monoisotopic (exact) mass is 286 g/mol. The summed E-state index contributed by atoms with van der Waals surface area (Å²) in [6.07, 6.45) is 1.18. The molecule has 1 unspecified atom stereocenters. The van der Waals surface area contributed by atoms with Crippen molar-refractivity contribution in [3.8, 4) is 0 Å². The molecule has 2 nitrogen and oxygen atoms in total. The number of hydrogen-bond donors (Lipinski definition) is 1. The van der Waals surface area contributed by atoms with E-state index in [9.17, 15) is 0 Å². The van der Waals surface area contributed by atoms with E-state index in [0.29, 0.717) is 12.0 Å². The number of anilines is 1. The molecule has 0 aliphatic carbocycles. The summed E-state index contributed by atoms with van der Waals surface area (Å²) in [5.41, 5.74) is 0.982. The molecule has 1 aromatic rings. The molecule has 1 saturated heterocycles. The average molecular weight is 287 g/mol. The predicted octanol–water partition coefficient (Wildman–Crippen LogP) is 3.82. The summed E-state index contributed by atoms with van der Waals surface area (Å²) in [5.74, 6) is 0.698. The molecule has 100 valence electrons. The van der Waals surface area contributed by atoms with Crippen LogP contribution in [0.1, 0.15) is 20.3 Å². The molecule has 18 heavy (non-hydrogen) atoms. The topological polar surface area (TPSA) is 15.3 Å². The highest BCUT2D eigenvalue weighted by Crippen LogP contribution is 2.34. The summed E-state index contributed by atoms with van der Waals surface area (Å²) < 4.78 is 0. The van der Waals surface area contributed by atoms with E-state index >= 15 is 0 Å². The largest absolute Gasteiger partial charge is 0.366 e. The Morgan fingerprint density at radius 3 is 2.61 bits per heavy atom. The smallest absolute Gasteiger partial charge is 0.0745 e. The van der Waals surface area contributed by atoms with Crippen molar-refractivity contribution in [1.29, 1.82) is 0 Å². The summed E-state index contributed by atoms with van der Waals surface area (Å²) in [4.78, 5) is 2.30. The fourth-order valence-corrected chi connectivity index (χ4v) is 3.18. The van der Waals surface area contributed by atoms with E-state index in [0.717, 1.165) is 35.4 Å². The van der Waals surface area contributed by atoms with E-state index in [2.05, 4.69) is 24.1 Å². The van der Waals surface area contributed by atoms with Gasteiger partial charge in [0.1, 0.15) is 0 Å². The first-order chi connectivity index (χ1) is 8.58. The van der Waals surface area contributed by atoms with Crippen LogP contribution in [0.25, 0.3) is 0 Å². The Balaban J connectivity index is 2.13. The summed E-state index contributed by atoms with van der Waals surface area (Å²) in [6, 6.07) is 6.22. The summed E-state index contributed by atoms with van der Waals surface area (Å²) >= 11 is 12.5. The Morgan fingerprint density at radius 1 is 1.33 bits per heavy atom. The number of para-hydroxylation sites is 1. The molecule has 1 fully saturated rings. The van der Waals surface area contributed by atoms with E-state index in [1.807, 2.05) is 18.2 Å². The van der Waals surface area contributed by atoms with Crippen LogP contribution in [0.5, 0.6) is 0 Å². The average Bonchev–Trinajstić information content (AvgIpc) is 2.28. The van der Waals surface area contributed by atoms with Crippen LogP contribution in [0.4, 0.5) is 5.69 Å². The minimum atomic E-state index is 0.520. The third-order valence-electron chi connectivity index (χ3n) is 3.27. The Bertz CT molecular complexity index is 387. The summed E-state index contributed by atoms with van der Waals surface area (Å²) in [7, 11) is 0. The summed E-state index contributed by atoms with van der Waals surface area (Å²) in [5, 5.41) is 5.05. The fourth-order valence-electron chi connectivity index (χ4n) is 2.55.